The molecule has 20 heavy (non-hydrogen) atoms. The fourth-order valence-corrected chi connectivity index (χ4v) is 22.8. The summed E-state index contributed by atoms with van der Waals surface area (Å²) in [6.45, 7) is 28.6. The Morgan fingerprint density at radius 1 is 0.500 bits per heavy atom. The van der Waals surface area contributed by atoms with Crippen LogP contribution in [0.1, 0.15) is 0 Å². The minimum Gasteiger partial charge on any atom is -0.398 e. The topological polar surface area (TPSA) is 30.3 Å². The summed E-state index contributed by atoms with van der Waals surface area (Å²) >= 11 is 0. The lowest BCUT2D eigenvalue weighted by Gasteiger charge is -2.55. The Labute approximate surface area is 131 Å². The van der Waals surface area contributed by atoms with E-state index >= 15 is 0 Å². The van der Waals surface area contributed by atoms with Crippen molar-refractivity contribution in [1.29, 1.82) is 5.41 Å². The number of rotatable bonds is 4. The Kier molecular flexibility index (Phi) is 5.77. The van der Waals surface area contributed by atoms with Crippen molar-refractivity contribution >= 4 is 38.9 Å². The van der Waals surface area contributed by atoms with E-state index in [1.807, 2.05) is 0 Å². The molecule has 0 heterocycles. The van der Waals surface area contributed by atoms with Gasteiger partial charge < -0.3 is 8.46 Å². The third kappa shape index (κ3) is 5.16. The molecule has 0 rings (SSSR count). The molecule has 0 spiro atoms. The second-order valence-electron chi connectivity index (χ2n) is 9.68. The average Bonchev–Trinajstić information content (AvgIpc) is 1.88. The highest BCUT2D eigenvalue weighted by atomic mass is 28.4. The molecule has 0 aromatic heterocycles. The highest BCUT2D eigenvalue weighted by Gasteiger charge is 2.44. The molecule has 0 aromatic rings. The van der Waals surface area contributed by atoms with Crippen LogP contribution in [0.15, 0.2) is 0 Å². The molecule has 1 N–H and O–H groups in total. The van der Waals surface area contributed by atoms with Crippen molar-refractivity contribution in [2.75, 3.05) is 0 Å². The van der Waals surface area contributed by atoms with E-state index in [4.69, 9.17) is 5.41 Å². The van der Waals surface area contributed by atoms with Crippen LogP contribution in [0.4, 0.5) is 0 Å². The van der Waals surface area contributed by atoms with Crippen LogP contribution in [0.25, 0.3) is 0 Å². The number of guanidine groups is 1. The second-order valence-corrected chi connectivity index (χ2v) is 29.7. The minimum absolute atomic E-state index is 0.849. The standard InChI is InChI=1S/C13H37N3Si4/c1-17(2,3)15(18(4,5)6)13(14)16(19(7,8)9)20(10,11)12/h14H,1-12H3. The molecule has 0 aliphatic carbocycles. The predicted octanol–water partition coefficient (Wildman–Crippen LogP) is 4.86. The summed E-state index contributed by atoms with van der Waals surface area (Å²) in [5, 5.41) is 9.02. The van der Waals surface area contributed by atoms with Gasteiger partial charge in [0.05, 0.1) is 0 Å². The van der Waals surface area contributed by atoms with Crippen LogP contribution < -0.4 is 0 Å². The molecule has 0 saturated heterocycles. The van der Waals surface area contributed by atoms with Gasteiger partial charge in [-0.3, -0.25) is 5.41 Å². The molecule has 0 fully saturated rings. The van der Waals surface area contributed by atoms with E-state index in [0.717, 1.165) is 5.96 Å². The molecule has 0 aliphatic rings. The molecule has 0 amide bonds. The van der Waals surface area contributed by atoms with E-state index in [0.29, 0.717) is 0 Å². The van der Waals surface area contributed by atoms with Gasteiger partial charge in [-0.1, -0.05) is 78.6 Å². The van der Waals surface area contributed by atoms with Crippen molar-refractivity contribution in [1.82, 2.24) is 8.46 Å². The first-order chi connectivity index (χ1) is 8.40. The zero-order valence-electron chi connectivity index (χ0n) is 15.9. The summed E-state index contributed by atoms with van der Waals surface area (Å²) in [5.74, 6) is 0.849. The SMILES string of the molecule is C[Si](C)(C)N(C(=N)N([Si](C)(C)C)[Si](C)(C)C)[Si](C)(C)C. The molecular formula is C13H37N3Si4. The number of hydrogen-bond donors (Lipinski definition) is 1. The second kappa shape index (κ2) is 5.73. The molecule has 0 saturated carbocycles. The lowest BCUT2D eigenvalue weighted by Crippen LogP contribution is -2.72. The predicted molar refractivity (Wildman–Crippen MR) is 105 cm³/mol. The summed E-state index contributed by atoms with van der Waals surface area (Å²) in [7, 11) is -6.13. The fraction of sp³-hybridized carbons (Fsp3) is 0.923. The summed E-state index contributed by atoms with van der Waals surface area (Å²) < 4.78 is 5.13. The first-order valence-corrected chi connectivity index (χ1v) is 21.4. The normalized spacial score (nSPS) is 14.2. The molecule has 0 unspecified atom stereocenters. The molecule has 0 aliphatic heterocycles. The third-order valence-electron chi connectivity index (χ3n) is 3.11. The van der Waals surface area contributed by atoms with Crippen LogP contribution in [0.3, 0.4) is 0 Å². The largest absolute Gasteiger partial charge is 0.398 e. The molecule has 0 bridgehead atoms. The van der Waals surface area contributed by atoms with Crippen LogP contribution in [0, 0.1) is 5.41 Å². The van der Waals surface area contributed by atoms with Crippen molar-refractivity contribution in [2.24, 2.45) is 0 Å². The van der Waals surface area contributed by atoms with Gasteiger partial charge in [-0.05, 0) is 0 Å². The van der Waals surface area contributed by atoms with Gasteiger partial charge in [0, 0.05) is 0 Å². The molecule has 120 valence electrons. The minimum atomic E-state index is -1.53. The summed E-state index contributed by atoms with van der Waals surface area (Å²) in [5.41, 5.74) is 0. The molecule has 0 aromatic carbocycles. The smallest absolute Gasteiger partial charge is 0.160 e. The van der Waals surface area contributed by atoms with Crippen LogP contribution in [0.2, 0.25) is 78.6 Å². The zero-order chi connectivity index (χ0) is 16.7. The molecule has 3 nitrogen and oxygen atoms in total. The van der Waals surface area contributed by atoms with E-state index in [1.54, 1.807) is 0 Å². The van der Waals surface area contributed by atoms with Crippen LogP contribution in [0.5, 0.6) is 0 Å². The van der Waals surface area contributed by atoms with Crippen LogP contribution >= 0.6 is 0 Å². The lowest BCUT2D eigenvalue weighted by molar-refractivity contribution is 0.739. The third-order valence-corrected chi connectivity index (χ3v) is 17.4. The van der Waals surface area contributed by atoms with Crippen LogP contribution in [-0.2, 0) is 0 Å². The highest BCUT2D eigenvalue weighted by Crippen LogP contribution is 2.27. The Hall–Kier alpha value is 0.138. The maximum absolute atomic E-state index is 9.02. The Morgan fingerprint density at radius 2 is 0.650 bits per heavy atom. The molecule has 0 radical (unpaired) electrons. The van der Waals surface area contributed by atoms with Gasteiger partial charge >= 0.3 is 0 Å². The summed E-state index contributed by atoms with van der Waals surface area (Å²) in [4.78, 5) is 0. The summed E-state index contributed by atoms with van der Waals surface area (Å²) in [6, 6.07) is 0. The van der Waals surface area contributed by atoms with Gasteiger partial charge in [0.1, 0.15) is 32.9 Å². The van der Waals surface area contributed by atoms with Crippen molar-refractivity contribution in [3.63, 3.8) is 0 Å². The van der Waals surface area contributed by atoms with Gasteiger partial charge in [0.15, 0.2) is 5.96 Å². The maximum atomic E-state index is 9.02. The molecule has 7 heteroatoms. The Morgan fingerprint density at radius 3 is 0.750 bits per heavy atom. The van der Waals surface area contributed by atoms with E-state index in [-0.39, 0.29) is 0 Å². The van der Waals surface area contributed by atoms with Gasteiger partial charge in [-0.2, -0.15) is 0 Å². The van der Waals surface area contributed by atoms with Gasteiger partial charge in [-0.15, -0.1) is 0 Å². The molecule has 0 atom stereocenters. The number of nitrogens with zero attached hydrogens (tertiary/aromatic N) is 2. The van der Waals surface area contributed by atoms with Crippen molar-refractivity contribution in [3.05, 3.63) is 0 Å². The van der Waals surface area contributed by atoms with Crippen molar-refractivity contribution in [3.8, 4) is 0 Å². The quantitative estimate of drug-likeness (QED) is 0.447. The van der Waals surface area contributed by atoms with Crippen molar-refractivity contribution < 1.29 is 0 Å². The van der Waals surface area contributed by atoms with E-state index < -0.39 is 32.9 Å². The fourth-order valence-electron chi connectivity index (χ4n) is 3.38. The van der Waals surface area contributed by atoms with Crippen LogP contribution in [-0.4, -0.2) is 47.4 Å². The first-order valence-electron chi connectivity index (χ1n) is 7.59. The van der Waals surface area contributed by atoms with E-state index in [9.17, 15) is 0 Å². The Bertz CT molecular complexity index is 294. The monoisotopic (exact) mass is 347 g/mol. The first kappa shape index (κ1) is 20.1. The van der Waals surface area contributed by atoms with Gasteiger partial charge in [0.2, 0.25) is 0 Å². The summed E-state index contributed by atoms with van der Waals surface area (Å²) in [6.07, 6.45) is 0. The van der Waals surface area contributed by atoms with E-state index in [2.05, 4.69) is 87.0 Å². The van der Waals surface area contributed by atoms with Gasteiger partial charge in [-0.25, -0.2) is 0 Å². The number of nitrogens with one attached hydrogen (secondary N) is 1. The number of hydrogen-bond acceptors (Lipinski definition) is 1. The van der Waals surface area contributed by atoms with E-state index in [1.165, 1.54) is 0 Å². The van der Waals surface area contributed by atoms with Gasteiger partial charge in [0.25, 0.3) is 0 Å². The molecular weight excluding hydrogens is 311 g/mol. The lowest BCUT2D eigenvalue weighted by atomic mass is 11.1. The van der Waals surface area contributed by atoms with Crippen molar-refractivity contribution in [2.45, 2.75) is 78.6 Å². The highest BCUT2D eigenvalue weighted by molar-refractivity contribution is 6.96. The maximum Gasteiger partial charge on any atom is 0.160 e. The Balaban J connectivity index is 5.89. The zero-order valence-corrected chi connectivity index (χ0v) is 19.9. The average molecular weight is 348 g/mol.